The zero-order chi connectivity index (χ0) is 17.8. The molecule has 2 atom stereocenters. The summed E-state index contributed by atoms with van der Waals surface area (Å²) in [6, 6.07) is 6.45. The lowest BCUT2D eigenvalue weighted by molar-refractivity contribution is 0.0309. The van der Waals surface area contributed by atoms with Crippen LogP contribution in [0.15, 0.2) is 28.7 Å². The fourth-order valence-corrected chi connectivity index (χ4v) is 3.29. The molecule has 6 nitrogen and oxygen atoms in total. The van der Waals surface area contributed by atoms with Gasteiger partial charge in [0.15, 0.2) is 0 Å². The van der Waals surface area contributed by atoms with Crippen LogP contribution in [0.25, 0.3) is 11.5 Å². The zero-order valence-corrected chi connectivity index (χ0v) is 14.7. The van der Waals surface area contributed by atoms with E-state index in [2.05, 4.69) is 26.9 Å². The molecule has 1 aromatic carbocycles. The van der Waals surface area contributed by atoms with Crippen LogP contribution in [0.4, 0.5) is 4.39 Å². The van der Waals surface area contributed by atoms with Gasteiger partial charge in [0, 0.05) is 37.8 Å². The van der Waals surface area contributed by atoms with Gasteiger partial charge in [-0.05, 0) is 37.6 Å². The van der Waals surface area contributed by atoms with Crippen molar-refractivity contribution in [2.24, 2.45) is 0 Å². The van der Waals surface area contributed by atoms with Crippen molar-refractivity contribution < 1.29 is 13.9 Å². The van der Waals surface area contributed by atoms with E-state index in [4.69, 9.17) is 4.42 Å². The number of halogens is 1. The molecular weight excluding hydrogens is 323 g/mol. The Morgan fingerprint density at radius 2 is 2.04 bits per heavy atom. The zero-order valence-electron chi connectivity index (χ0n) is 14.7. The molecule has 1 aliphatic rings. The van der Waals surface area contributed by atoms with Crippen LogP contribution >= 0.6 is 0 Å². The summed E-state index contributed by atoms with van der Waals surface area (Å²) in [4.78, 5) is 4.65. The molecular formula is C18H25FN4O2. The molecule has 0 radical (unpaired) electrons. The minimum atomic E-state index is -0.310. The van der Waals surface area contributed by atoms with Crippen molar-refractivity contribution in [1.82, 2.24) is 20.0 Å². The first kappa shape index (κ1) is 18.0. The van der Waals surface area contributed by atoms with Crippen LogP contribution in [0.3, 0.4) is 0 Å². The Labute approximate surface area is 147 Å². The summed E-state index contributed by atoms with van der Waals surface area (Å²) in [7, 11) is 0. The van der Waals surface area contributed by atoms with Crippen molar-refractivity contribution in [3.8, 4) is 11.5 Å². The minimum absolute atomic E-state index is 0.288. The molecule has 0 bridgehead atoms. The van der Waals surface area contributed by atoms with Crippen molar-refractivity contribution in [1.29, 1.82) is 0 Å². The molecule has 1 fully saturated rings. The quantitative estimate of drug-likeness (QED) is 0.863. The molecule has 3 rings (SSSR count). The van der Waals surface area contributed by atoms with E-state index < -0.39 is 0 Å². The third-order valence-corrected chi connectivity index (χ3v) is 4.58. The molecule has 7 heteroatoms. The monoisotopic (exact) mass is 348 g/mol. The molecule has 0 unspecified atom stereocenters. The van der Waals surface area contributed by atoms with E-state index >= 15 is 0 Å². The molecule has 0 amide bonds. The number of piperazine rings is 1. The van der Waals surface area contributed by atoms with Crippen molar-refractivity contribution in [3.63, 3.8) is 0 Å². The summed E-state index contributed by atoms with van der Waals surface area (Å²) >= 11 is 0. The first-order valence-corrected chi connectivity index (χ1v) is 8.78. The number of aromatic nitrogens is 2. The third-order valence-electron chi connectivity index (χ3n) is 4.58. The predicted molar refractivity (Wildman–Crippen MR) is 92.3 cm³/mol. The predicted octanol–water partition coefficient (Wildman–Crippen LogP) is 2.15. The van der Waals surface area contributed by atoms with Crippen LogP contribution in [-0.4, -0.2) is 63.4 Å². The van der Waals surface area contributed by atoms with Gasteiger partial charge in [0.25, 0.3) is 0 Å². The highest BCUT2D eigenvalue weighted by atomic mass is 19.1. The summed E-state index contributed by atoms with van der Waals surface area (Å²) in [6.07, 6.45) is 0.725. The molecule has 136 valence electrons. The summed E-state index contributed by atoms with van der Waals surface area (Å²) in [5.41, 5.74) is 0.716. The van der Waals surface area contributed by atoms with Gasteiger partial charge in [0.05, 0.1) is 12.6 Å². The van der Waals surface area contributed by atoms with Crippen molar-refractivity contribution in [2.75, 3.05) is 26.2 Å². The maximum atomic E-state index is 13.0. The van der Waals surface area contributed by atoms with Crippen LogP contribution < -0.4 is 0 Å². The molecule has 2 heterocycles. The fraction of sp³-hybridized carbons (Fsp3) is 0.556. The summed E-state index contributed by atoms with van der Waals surface area (Å²) in [5.74, 6) is 0.692. The Morgan fingerprint density at radius 3 is 2.72 bits per heavy atom. The second kappa shape index (κ2) is 8.03. The normalized spacial score (nSPS) is 20.7. The van der Waals surface area contributed by atoms with Gasteiger partial charge in [-0.1, -0.05) is 6.92 Å². The van der Waals surface area contributed by atoms with E-state index in [1.54, 1.807) is 12.1 Å². The molecule has 0 aliphatic carbocycles. The molecule has 1 N–H and O–H groups in total. The minimum Gasteiger partial charge on any atom is -0.419 e. The Morgan fingerprint density at radius 1 is 1.28 bits per heavy atom. The van der Waals surface area contributed by atoms with Crippen LogP contribution in [0.5, 0.6) is 0 Å². The van der Waals surface area contributed by atoms with Gasteiger partial charge in [0.1, 0.15) is 5.82 Å². The standard InChI is InChI=1S/C18H25FN4O2/c1-3-16-11-22(8-9-23(16)10-13(2)24)12-17-20-21-18(25-17)14-4-6-15(19)7-5-14/h4-7,13,16,24H,3,8-12H2,1-2H3/t13-,16-/m0/s1. The number of benzene rings is 1. The SMILES string of the molecule is CC[C@H]1CN(Cc2nnc(-c3ccc(F)cc3)o2)CCN1C[C@H](C)O. The topological polar surface area (TPSA) is 65.6 Å². The second-order valence-corrected chi connectivity index (χ2v) is 6.65. The first-order chi connectivity index (χ1) is 12.0. The maximum absolute atomic E-state index is 13.0. The van der Waals surface area contributed by atoms with Gasteiger partial charge in [-0.15, -0.1) is 10.2 Å². The number of β-amino-alcohol motifs (C(OH)–C–C–N with tert-alkyl or cyclic N) is 1. The van der Waals surface area contributed by atoms with Crippen LogP contribution in [0.2, 0.25) is 0 Å². The van der Waals surface area contributed by atoms with Gasteiger partial charge in [-0.2, -0.15) is 0 Å². The van der Waals surface area contributed by atoms with E-state index in [9.17, 15) is 9.50 Å². The fourth-order valence-electron chi connectivity index (χ4n) is 3.29. The Bertz CT molecular complexity index is 674. The number of nitrogens with zero attached hydrogens (tertiary/aromatic N) is 4. The van der Waals surface area contributed by atoms with E-state index in [1.165, 1.54) is 12.1 Å². The number of hydrogen-bond acceptors (Lipinski definition) is 6. The molecule has 2 aromatic rings. The molecule has 1 aliphatic heterocycles. The van der Waals surface area contributed by atoms with Crippen LogP contribution in [0.1, 0.15) is 26.2 Å². The van der Waals surface area contributed by atoms with E-state index in [0.717, 1.165) is 26.1 Å². The lowest BCUT2D eigenvalue weighted by Gasteiger charge is -2.41. The molecule has 25 heavy (non-hydrogen) atoms. The van der Waals surface area contributed by atoms with Crippen molar-refractivity contribution >= 4 is 0 Å². The lowest BCUT2D eigenvalue weighted by Crippen LogP contribution is -2.54. The van der Waals surface area contributed by atoms with Gasteiger partial charge >= 0.3 is 0 Å². The smallest absolute Gasteiger partial charge is 0.247 e. The van der Waals surface area contributed by atoms with Crippen molar-refractivity contribution in [3.05, 3.63) is 36.0 Å². The Balaban J connectivity index is 1.61. The molecule has 0 saturated carbocycles. The number of aliphatic hydroxyl groups excluding tert-OH is 1. The molecule has 0 spiro atoms. The summed E-state index contributed by atoms with van der Waals surface area (Å²) in [6.45, 7) is 8.04. The van der Waals surface area contributed by atoms with Crippen LogP contribution in [-0.2, 0) is 6.54 Å². The van der Waals surface area contributed by atoms with E-state index in [0.29, 0.717) is 36.5 Å². The lowest BCUT2D eigenvalue weighted by atomic mass is 10.1. The highest BCUT2D eigenvalue weighted by Crippen LogP contribution is 2.20. The second-order valence-electron chi connectivity index (χ2n) is 6.65. The number of aliphatic hydroxyl groups is 1. The average molecular weight is 348 g/mol. The number of hydrogen-bond donors (Lipinski definition) is 1. The summed E-state index contributed by atoms with van der Waals surface area (Å²) < 4.78 is 18.7. The number of rotatable bonds is 6. The largest absolute Gasteiger partial charge is 0.419 e. The van der Waals surface area contributed by atoms with Gasteiger partial charge in [0.2, 0.25) is 11.8 Å². The van der Waals surface area contributed by atoms with Gasteiger partial charge in [-0.3, -0.25) is 9.80 Å². The maximum Gasteiger partial charge on any atom is 0.247 e. The van der Waals surface area contributed by atoms with E-state index in [-0.39, 0.29) is 11.9 Å². The van der Waals surface area contributed by atoms with E-state index in [1.807, 2.05) is 6.92 Å². The summed E-state index contributed by atoms with van der Waals surface area (Å²) in [5, 5.41) is 17.8. The van der Waals surface area contributed by atoms with Crippen molar-refractivity contribution in [2.45, 2.75) is 39.0 Å². The molecule has 1 aromatic heterocycles. The van der Waals surface area contributed by atoms with Gasteiger partial charge < -0.3 is 9.52 Å². The third kappa shape index (κ3) is 4.62. The highest BCUT2D eigenvalue weighted by molar-refractivity contribution is 5.51. The first-order valence-electron chi connectivity index (χ1n) is 8.78. The molecule has 1 saturated heterocycles. The van der Waals surface area contributed by atoms with Crippen LogP contribution in [0, 0.1) is 5.82 Å². The Kier molecular flexibility index (Phi) is 5.78. The average Bonchev–Trinajstić information content (AvgIpc) is 3.05. The highest BCUT2D eigenvalue weighted by Gasteiger charge is 2.27. The van der Waals surface area contributed by atoms with Gasteiger partial charge in [-0.25, -0.2) is 4.39 Å². The Hall–Kier alpha value is -1.83.